The third-order valence-corrected chi connectivity index (χ3v) is 7.86. The van der Waals surface area contributed by atoms with Gasteiger partial charge < -0.3 is 5.32 Å². The highest BCUT2D eigenvalue weighted by atomic mass is 32.2. The summed E-state index contributed by atoms with van der Waals surface area (Å²) in [7, 11) is -4.59. The molecule has 4 nitrogen and oxygen atoms in total. The van der Waals surface area contributed by atoms with E-state index in [2.05, 4.69) is 11.4 Å². The summed E-state index contributed by atoms with van der Waals surface area (Å²) in [6, 6.07) is 9.06. The second-order valence-corrected chi connectivity index (χ2v) is 10.1. The van der Waals surface area contributed by atoms with Crippen LogP contribution in [0.25, 0.3) is 0 Å². The number of nitriles is 1. The van der Waals surface area contributed by atoms with E-state index in [1.807, 2.05) is 0 Å². The Hall–Kier alpha value is -1.52. The summed E-state index contributed by atoms with van der Waals surface area (Å²) >= 11 is 0. The molecular weight excluding hydrogens is 382 g/mol. The third kappa shape index (κ3) is 4.55. The molecule has 2 fully saturated rings. The van der Waals surface area contributed by atoms with E-state index in [0.717, 1.165) is 31.2 Å². The molecule has 0 bridgehead atoms. The lowest BCUT2D eigenvalue weighted by Gasteiger charge is -2.41. The Morgan fingerprint density at radius 2 is 1.61 bits per heavy atom. The maximum absolute atomic E-state index is 12.7. The standard InChI is InChI=1S/C21H28F2N2O2S/c22-20(23)28(26,27)19-8-6-16(7-9-19)21(14-15-24)12-10-18(11-13-21)25-17-4-2-1-3-5-17/h6-9,17-18,20,25H,1-5,10-14H2. The molecule has 0 amide bonds. The van der Waals surface area contributed by atoms with Crippen LogP contribution in [-0.2, 0) is 15.3 Å². The highest BCUT2D eigenvalue weighted by Crippen LogP contribution is 2.42. The summed E-state index contributed by atoms with van der Waals surface area (Å²) in [6.07, 6.45) is 10.3. The molecule has 1 N–H and O–H groups in total. The molecule has 2 aliphatic rings. The second kappa shape index (κ2) is 8.87. The number of nitrogens with zero attached hydrogens (tertiary/aromatic N) is 1. The quantitative estimate of drug-likeness (QED) is 0.738. The van der Waals surface area contributed by atoms with Crippen LogP contribution >= 0.6 is 0 Å². The number of sulfone groups is 1. The lowest BCUT2D eigenvalue weighted by molar-refractivity contribution is 0.223. The first kappa shape index (κ1) is 21.2. The third-order valence-electron chi connectivity index (χ3n) is 6.47. The number of halogens is 2. The highest BCUT2D eigenvalue weighted by Gasteiger charge is 2.38. The van der Waals surface area contributed by atoms with Crippen LogP contribution in [0.15, 0.2) is 29.2 Å². The highest BCUT2D eigenvalue weighted by molar-refractivity contribution is 7.91. The first-order valence-corrected chi connectivity index (χ1v) is 11.7. The lowest BCUT2D eigenvalue weighted by atomic mass is 9.66. The fourth-order valence-electron chi connectivity index (χ4n) is 4.76. The number of alkyl halides is 2. The van der Waals surface area contributed by atoms with Gasteiger partial charge >= 0.3 is 5.76 Å². The lowest BCUT2D eigenvalue weighted by Crippen LogP contribution is -2.44. The van der Waals surface area contributed by atoms with Crippen LogP contribution in [0.4, 0.5) is 8.78 Å². The van der Waals surface area contributed by atoms with E-state index < -0.39 is 15.6 Å². The van der Waals surface area contributed by atoms with E-state index in [1.165, 1.54) is 44.2 Å². The van der Waals surface area contributed by atoms with Crippen LogP contribution in [-0.4, -0.2) is 26.3 Å². The van der Waals surface area contributed by atoms with Crippen LogP contribution in [0, 0.1) is 11.3 Å². The first-order valence-electron chi connectivity index (χ1n) is 10.1. The van der Waals surface area contributed by atoms with Gasteiger partial charge in [-0.25, -0.2) is 8.42 Å². The molecule has 0 saturated heterocycles. The van der Waals surface area contributed by atoms with Gasteiger partial charge in [0, 0.05) is 23.9 Å². The average Bonchev–Trinajstić information content (AvgIpc) is 2.70. The largest absolute Gasteiger partial charge is 0.341 e. The maximum atomic E-state index is 12.7. The molecule has 0 aliphatic heterocycles. The van der Waals surface area contributed by atoms with Gasteiger partial charge in [0.2, 0.25) is 9.84 Å². The molecule has 1 aromatic rings. The Morgan fingerprint density at radius 3 is 2.14 bits per heavy atom. The van der Waals surface area contributed by atoms with E-state index in [9.17, 15) is 22.5 Å². The zero-order chi connectivity index (χ0) is 20.2. The molecule has 0 unspecified atom stereocenters. The maximum Gasteiger partial charge on any atom is 0.341 e. The summed E-state index contributed by atoms with van der Waals surface area (Å²) in [5.74, 6) is -3.42. The van der Waals surface area contributed by atoms with Gasteiger partial charge in [-0.1, -0.05) is 31.4 Å². The van der Waals surface area contributed by atoms with Crippen LogP contribution in [0.2, 0.25) is 0 Å². The Morgan fingerprint density at radius 1 is 1.04 bits per heavy atom. The van der Waals surface area contributed by atoms with E-state index in [1.54, 1.807) is 12.1 Å². The van der Waals surface area contributed by atoms with Crippen molar-refractivity contribution < 1.29 is 17.2 Å². The number of benzene rings is 1. The van der Waals surface area contributed by atoms with Crippen LogP contribution < -0.4 is 5.32 Å². The number of nitrogens with one attached hydrogen (secondary N) is 1. The molecule has 1 aromatic carbocycles. The van der Waals surface area contributed by atoms with Gasteiger partial charge in [-0.2, -0.15) is 14.0 Å². The molecular formula is C21H28F2N2O2S. The minimum Gasteiger partial charge on any atom is -0.311 e. The Kier molecular flexibility index (Phi) is 6.72. The van der Waals surface area contributed by atoms with Crippen molar-refractivity contribution in [3.05, 3.63) is 29.8 Å². The molecule has 7 heteroatoms. The van der Waals surface area contributed by atoms with Crippen LogP contribution in [0.3, 0.4) is 0 Å². The molecule has 0 radical (unpaired) electrons. The second-order valence-electron chi connectivity index (χ2n) is 8.22. The monoisotopic (exact) mass is 410 g/mol. The summed E-state index contributed by atoms with van der Waals surface area (Å²) in [5, 5.41) is 13.2. The van der Waals surface area contributed by atoms with Crippen LogP contribution in [0.1, 0.15) is 69.8 Å². The minimum absolute atomic E-state index is 0.327. The zero-order valence-electron chi connectivity index (χ0n) is 16.0. The molecule has 0 heterocycles. The molecule has 28 heavy (non-hydrogen) atoms. The SMILES string of the molecule is N#CCC1(c2ccc(S(=O)(=O)C(F)F)cc2)CCC(NC2CCCCC2)CC1. The van der Waals surface area contributed by atoms with Crippen molar-refractivity contribution in [1.82, 2.24) is 5.32 Å². The topological polar surface area (TPSA) is 70.0 Å². The smallest absolute Gasteiger partial charge is 0.311 e. The average molecular weight is 411 g/mol. The molecule has 0 aromatic heterocycles. The van der Waals surface area contributed by atoms with Crippen molar-refractivity contribution in [2.75, 3.05) is 0 Å². The molecule has 0 atom stereocenters. The van der Waals surface area contributed by atoms with Crippen molar-refractivity contribution in [3.63, 3.8) is 0 Å². The van der Waals surface area contributed by atoms with Crippen molar-refractivity contribution in [3.8, 4) is 6.07 Å². The van der Waals surface area contributed by atoms with Gasteiger partial charge in [-0.05, 0) is 56.2 Å². The minimum atomic E-state index is -4.59. The fraction of sp³-hybridized carbons (Fsp3) is 0.667. The molecule has 154 valence electrons. The molecule has 2 saturated carbocycles. The zero-order valence-corrected chi connectivity index (χ0v) is 16.9. The summed E-state index contributed by atoms with van der Waals surface area (Å²) < 4.78 is 48.8. The fourth-order valence-corrected chi connectivity index (χ4v) is 5.48. The van der Waals surface area contributed by atoms with E-state index in [0.29, 0.717) is 18.5 Å². The summed E-state index contributed by atoms with van der Waals surface area (Å²) in [5.41, 5.74) is 0.547. The van der Waals surface area contributed by atoms with Gasteiger partial charge in [0.05, 0.1) is 11.0 Å². The normalized spacial score (nSPS) is 26.9. The number of hydrogen-bond donors (Lipinski definition) is 1. The summed E-state index contributed by atoms with van der Waals surface area (Å²) in [6.45, 7) is 0. The molecule has 0 spiro atoms. The van der Waals surface area contributed by atoms with Crippen molar-refractivity contribution in [2.24, 2.45) is 0 Å². The molecule has 3 rings (SSSR count). The van der Waals surface area contributed by atoms with E-state index in [4.69, 9.17) is 0 Å². The number of hydrogen-bond acceptors (Lipinski definition) is 4. The van der Waals surface area contributed by atoms with E-state index >= 15 is 0 Å². The van der Waals surface area contributed by atoms with Gasteiger partial charge in [-0.3, -0.25) is 0 Å². The van der Waals surface area contributed by atoms with Crippen molar-refractivity contribution in [2.45, 2.75) is 92.4 Å². The summed E-state index contributed by atoms with van der Waals surface area (Å²) in [4.78, 5) is -0.369. The van der Waals surface area contributed by atoms with Crippen molar-refractivity contribution >= 4 is 9.84 Å². The Balaban J connectivity index is 1.70. The first-order chi connectivity index (χ1) is 13.4. The van der Waals surface area contributed by atoms with Crippen molar-refractivity contribution in [1.29, 1.82) is 5.26 Å². The van der Waals surface area contributed by atoms with Crippen LogP contribution in [0.5, 0.6) is 0 Å². The molecule has 2 aliphatic carbocycles. The Labute approximate surface area is 166 Å². The van der Waals surface area contributed by atoms with Gasteiger partial charge in [0.25, 0.3) is 0 Å². The van der Waals surface area contributed by atoms with E-state index in [-0.39, 0.29) is 10.3 Å². The number of rotatable bonds is 6. The predicted molar refractivity (Wildman–Crippen MR) is 104 cm³/mol. The Bertz CT molecular complexity index is 789. The predicted octanol–water partition coefficient (Wildman–Crippen LogP) is 4.70. The van der Waals surface area contributed by atoms with Gasteiger partial charge in [0.1, 0.15) is 0 Å². The van der Waals surface area contributed by atoms with Gasteiger partial charge in [-0.15, -0.1) is 0 Å². The van der Waals surface area contributed by atoms with Gasteiger partial charge in [0.15, 0.2) is 0 Å².